The van der Waals surface area contributed by atoms with E-state index in [0.717, 1.165) is 12.0 Å². The molecule has 138 valence electrons. The van der Waals surface area contributed by atoms with E-state index in [1.54, 1.807) is 31.4 Å². The number of fused-ring (bicyclic) bond motifs is 1. The number of carbonyl (C=O) groups excluding carboxylic acids is 1. The molecule has 26 heavy (non-hydrogen) atoms. The third-order valence-electron chi connectivity index (χ3n) is 4.30. The first-order valence-electron chi connectivity index (χ1n) is 8.64. The largest absolute Gasteiger partial charge is 0.493 e. The molecule has 2 heterocycles. The van der Waals surface area contributed by atoms with Crippen molar-refractivity contribution >= 4 is 11.9 Å². The molecule has 1 N–H and O–H groups in total. The molecule has 0 unspecified atom stereocenters. The molecule has 1 aromatic heterocycles. The van der Waals surface area contributed by atoms with Crippen molar-refractivity contribution < 1.29 is 14.3 Å². The number of amides is 1. The lowest BCUT2D eigenvalue weighted by Gasteiger charge is -2.29. The third kappa shape index (κ3) is 3.71. The average Bonchev–Trinajstić information content (AvgIpc) is 2.65. The summed E-state index contributed by atoms with van der Waals surface area (Å²) in [5, 5.41) is 3.12. The second-order valence-electron chi connectivity index (χ2n) is 6.52. The summed E-state index contributed by atoms with van der Waals surface area (Å²) >= 11 is 0. The summed E-state index contributed by atoms with van der Waals surface area (Å²) in [5.74, 6) is 1.76. The summed E-state index contributed by atoms with van der Waals surface area (Å²) in [6, 6.07) is 5.78. The van der Waals surface area contributed by atoms with Crippen molar-refractivity contribution in [1.29, 1.82) is 0 Å². The van der Waals surface area contributed by atoms with E-state index in [1.165, 1.54) is 5.56 Å². The molecule has 1 amide bonds. The number of rotatable bonds is 5. The molecule has 1 aliphatic rings. The Morgan fingerprint density at radius 3 is 2.54 bits per heavy atom. The Bertz CT molecular complexity index is 807. The quantitative estimate of drug-likeness (QED) is 0.887. The lowest BCUT2D eigenvalue weighted by atomic mass is 9.98. The topological polar surface area (TPSA) is 76.6 Å². The molecule has 0 radical (unpaired) electrons. The van der Waals surface area contributed by atoms with Gasteiger partial charge < -0.3 is 19.7 Å². The van der Waals surface area contributed by atoms with Gasteiger partial charge in [-0.2, -0.15) is 0 Å². The fourth-order valence-electron chi connectivity index (χ4n) is 3.02. The van der Waals surface area contributed by atoms with Gasteiger partial charge in [0.15, 0.2) is 11.5 Å². The molecule has 0 fully saturated rings. The van der Waals surface area contributed by atoms with Gasteiger partial charge >= 0.3 is 0 Å². The number of methoxy groups -OCH3 is 2. The van der Waals surface area contributed by atoms with Gasteiger partial charge in [-0.25, -0.2) is 9.97 Å². The maximum Gasteiger partial charge on any atom is 0.272 e. The van der Waals surface area contributed by atoms with Crippen LogP contribution in [0.2, 0.25) is 0 Å². The molecule has 3 rings (SSSR count). The number of ether oxygens (including phenoxy) is 2. The molecule has 0 saturated carbocycles. The predicted molar refractivity (Wildman–Crippen MR) is 98.8 cm³/mol. The van der Waals surface area contributed by atoms with Crippen LogP contribution in [-0.4, -0.2) is 47.6 Å². The zero-order valence-electron chi connectivity index (χ0n) is 15.6. The number of aromatic nitrogens is 2. The van der Waals surface area contributed by atoms with E-state index in [-0.39, 0.29) is 11.9 Å². The molecule has 1 aromatic carbocycles. The van der Waals surface area contributed by atoms with Crippen LogP contribution >= 0.6 is 0 Å². The molecule has 0 spiro atoms. The molecule has 0 bridgehead atoms. The van der Waals surface area contributed by atoms with Crippen LogP contribution in [0.1, 0.15) is 35.5 Å². The minimum Gasteiger partial charge on any atom is -0.493 e. The minimum atomic E-state index is -0.0976. The zero-order chi connectivity index (χ0) is 18.7. The highest BCUT2D eigenvalue weighted by Gasteiger charge is 2.24. The van der Waals surface area contributed by atoms with Crippen LogP contribution in [0.3, 0.4) is 0 Å². The minimum absolute atomic E-state index is 0.0976. The normalized spacial score (nSPS) is 13.3. The summed E-state index contributed by atoms with van der Waals surface area (Å²) in [6.07, 6.45) is 2.38. The highest BCUT2D eigenvalue weighted by molar-refractivity contribution is 5.92. The maximum absolute atomic E-state index is 12.9. The van der Waals surface area contributed by atoms with Crippen LogP contribution in [0.4, 0.5) is 5.95 Å². The van der Waals surface area contributed by atoms with Crippen molar-refractivity contribution in [1.82, 2.24) is 14.9 Å². The Balaban J connectivity index is 1.81. The molecular weight excluding hydrogens is 332 g/mol. The van der Waals surface area contributed by atoms with Crippen LogP contribution in [0.5, 0.6) is 11.5 Å². The summed E-state index contributed by atoms with van der Waals surface area (Å²) in [7, 11) is 3.24. The summed E-state index contributed by atoms with van der Waals surface area (Å²) in [4.78, 5) is 23.2. The second kappa shape index (κ2) is 7.59. The number of hydrogen-bond donors (Lipinski definition) is 1. The second-order valence-corrected chi connectivity index (χ2v) is 6.52. The highest BCUT2D eigenvalue weighted by atomic mass is 16.5. The van der Waals surface area contributed by atoms with Crippen LogP contribution in [0.15, 0.2) is 24.4 Å². The average molecular weight is 356 g/mol. The predicted octanol–water partition coefficient (Wildman–Crippen LogP) is 2.51. The monoisotopic (exact) mass is 356 g/mol. The number of nitrogens with zero attached hydrogens (tertiary/aromatic N) is 3. The third-order valence-corrected chi connectivity index (χ3v) is 4.30. The van der Waals surface area contributed by atoms with E-state index in [0.29, 0.717) is 36.2 Å². The van der Waals surface area contributed by atoms with E-state index in [2.05, 4.69) is 15.3 Å². The van der Waals surface area contributed by atoms with Crippen molar-refractivity contribution in [2.24, 2.45) is 0 Å². The van der Waals surface area contributed by atoms with Crippen molar-refractivity contribution in [3.63, 3.8) is 0 Å². The Morgan fingerprint density at radius 1 is 1.19 bits per heavy atom. The molecule has 1 aliphatic heterocycles. The molecule has 7 heteroatoms. The summed E-state index contributed by atoms with van der Waals surface area (Å²) in [6.45, 7) is 5.16. The number of benzene rings is 1. The number of hydrogen-bond acceptors (Lipinski definition) is 6. The standard InChI is InChI=1S/C19H24N4O3/c1-12(2)21-19-20-7-5-15(22-19)18(24)23-8-6-13-9-16(25-3)17(26-4)10-14(13)11-23/h5,7,9-10,12H,6,8,11H2,1-4H3,(H,20,21,22). The Morgan fingerprint density at radius 2 is 1.88 bits per heavy atom. The first kappa shape index (κ1) is 18.0. The fourth-order valence-corrected chi connectivity index (χ4v) is 3.02. The first-order valence-corrected chi connectivity index (χ1v) is 8.64. The summed E-state index contributed by atoms with van der Waals surface area (Å²) in [5.41, 5.74) is 2.64. The van der Waals surface area contributed by atoms with E-state index < -0.39 is 0 Å². The molecule has 0 saturated heterocycles. The van der Waals surface area contributed by atoms with Crippen LogP contribution in [-0.2, 0) is 13.0 Å². The highest BCUT2D eigenvalue weighted by Crippen LogP contribution is 2.33. The SMILES string of the molecule is COc1cc2c(cc1OC)CN(C(=O)c1ccnc(NC(C)C)n1)CC2. The number of anilines is 1. The molecule has 0 atom stereocenters. The van der Waals surface area contributed by atoms with Gasteiger partial charge in [0.2, 0.25) is 5.95 Å². The van der Waals surface area contributed by atoms with E-state index in [9.17, 15) is 4.79 Å². The van der Waals surface area contributed by atoms with Gasteiger partial charge in [0.05, 0.1) is 14.2 Å². The number of carbonyl (C=O) groups is 1. The molecule has 2 aromatic rings. The number of nitrogens with one attached hydrogen (secondary N) is 1. The summed E-state index contributed by atoms with van der Waals surface area (Å²) < 4.78 is 10.7. The molecular formula is C19H24N4O3. The smallest absolute Gasteiger partial charge is 0.272 e. The van der Waals surface area contributed by atoms with Gasteiger partial charge in [-0.15, -0.1) is 0 Å². The van der Waals surface area contributed by atoms with Gasteiger partial charge in [0.1, 0.15) is 5.69 Å². The molecule has 7 nitrogen and oxygen atoms in total. The van der Waals surface area contributed by atoms with E-state index in [4.69, 9.17) is 9.47 Å². The van der Waals surface area contributed by atoms with Crippen LogP contribution in [0.25, 0.3) is 0 Å². The van der Waals surface area contributed by atoms with Gasteiger partial charge in [0.25, 0.3) is 5.91 Å². The van der Waals surface area contributed by atoms with Crippen molar-refractivity contribution in [2.75, 3.05) is 26.1 Å². The Labute approximate surface area is 153 Å². The van der Waals surface area contributed by atoms with Crippen LogP contribution < -0.4 is 14.8 Å². The lowest BCUT2D eigenvalue weighted by molar-refractivity contribution is 0.0728. The lowest BCUT2D eigenvalue weighted by Crippen LogP contribution is -2.36. The maximum atomic E-state index is 12.9. The van der Waals surface area contributed by atoms with Crippen molar-refractivity contribution in [3.05, 3.63) is 41.2 Å². The van der Waals surface area contributed by atoms with Gasteiger partial charge in [0, 0.05) is 25.3 Å². The zero-order valence-corrected chi connectivity index (χ0v) is 15.6. The van der Waals surface area contributed by atoms with E-state index in [1.807, 2.05) is 26.0 Å². The van der Waals surface area contributed by atoms with E-state index >= 15 is 0 Å². The fraction of sp³-hybridized carbons (Fsp3) is 0.421. The van der Waals surface area contributed by atoms with Gasteiger partial charge in [-0.3, -0.25) is 4.79 Å². The van der Waals surface area contributed by atoms with Crippen molar-refractivity contribution in [2.45, 2.75) is 32.9 Å². The van der Waals surface area contributed by atoms with Gasteiger partial charge in [-0.1, -0.05) is 0 Å². The Kier molecular flexibility index (Phi) is 5.25. The molecule has 0 aliphatic carbocycles. The van der Waals surface area contributed by atoms with Crippen LogP contribution in [0, 0.1) is 0 Å². The first-order chi connectivity index (χ1) is 12.5. The van der Waals surface area contributed by atoms with Gasteiger partial charge in [-0.05, 0) is 49.6 Å². The van der Waals surface area contributed by atoms with Crippen molar-refractivity contribution in [3.8, 4) is 11.5 Å². The Hall–Kier alpha value is -2.83.